The fourth-order valence-electron chi connectivity index (χ4n) is 3.66. The molecule has 1 atom stereocenters. The molecule has 2 aromatic carbocycles. The molecule has 0 bridgehead atoms. The van der Waals surface area contributed by atoms with E-state index in [0.717, 1.165) is 22.3 Å². The van der Waals surface area contributed by atoms with Gasteiger partial charge in [0.1, 0.15) is 23.7 Å². The Kier molecular flexibility index (Phi) is 6.05. The van der Waals surface area contributed by atoms with E-state index in [1.807, 2.05) is 50.2 Å². The van der Waals surface area contributed by atoms with Crippen LogP contribution in [0.2, 0.25) is 0 Å². The molecule has 0 amide bonds. The summed E-state index contributed by atoms with van der Waals surface area (Å²) in [6.45, 7) is 5.82. The van der Waals surface area contributed by atoms with Gasteiger partial charge in [-0.15, -0.1) is 0 Å². The molecule has 7 heteroatoms. The van der Waals surface area contributed by atoms with Gasteiger partial charge < -0.3 is 29.4 Å². The SMILES string of the molecule is COC(C)(C)C#Cc1ccc2c(c1)C1(COC(N)=N1)c1cc(C#CC(C)(OC)OC)ccc1O2. The van der Waals surface area contributed by atoms with Crippen LogP contribution in [-0.2, 0) is 24.5 Å². The number of ether oxygens (including phenoxy) is 5. The summed E-state index contributed by atoms with van der Waals surface area (Å²) < 4.78 is 28.0. The monoisotopic (exact) mass is 460 g/mol. The smallest absolute Gasteiger partial charge is 0.283 e. The molecule has 34 heavy (non-hydrogen) atoms. The van der Waals surface area contributed by atoms with Crippen molar-refractivity contribution in [3.8, 4) is 35.2 Å². The highest BCUT2D eigenvalue weighted by atomic mass is 16.7. The maximum absolute atomic E-state index is 6.23. The third-order valence-corrected chi connectivity index (χ3v) is 6.03. The van der Waals surface area contributed by atoms with Crippen LogP contribution in [0.4, 0.5) is 0 Å². The molecule has 2 aromatic rings. The Bertz CT molecular complexity index is 1270. The van der Waals surface area contributed by atoms with Crippen LogP contribution in [-0.4, -0.2) is 45.3 Å². The Balaban J connectivity index is 1.83. The Morgan fingerprint density at radius 2 is 1.44 bits per heavy atom. The number of amidine groups is 1. The normalized spacial score (nSPS) is 18.4. The number of nitrogens with two attached hydrogens (primary N) is 1. The minimum absolute atomic E-state index is 0.124. The zero-order valence-corrected chi connectivity index (χ0v) is 20.2. The summed E-state index contributed by atoms with van der Waals surface area (Å²) in [6, 6.07) is 11.6. The summed E-state index contributed by atoms with van der Waals surface area (Å²) in [5.41, 5.74) is 7.76. The van der Waals surface area contributed by atoms with Gasteiger partial charge in [0.15, 0.2) is 5.54 Å². The highest BCUT2D eigenvalue weighted by Gasteiger charge is 2.47. The second-order valence-corrected chi connectivity index (χ2v) is 8.69. The summed E-state index contributed by atoms with van der Waals surface area (Å²) in [6.07, 6.45) is 0. The third-order valence-electron chi connectivity index (χ3n) is 6.03. The molecule has 2 aliphatic rings. The van der Waals surface area contributed by atoms with Gasteiger partial charge in [0, 0.05) is 50.5 Å². The first-order chi connectivity index (χ1) is 16.1. The van der Waals surface area contributed by atoms with Crippen molar-refractivity contribution >= 4 is 6.02 Å². The molecule has 0 saturated heterocycles. The number of fused-ring (bicyclic) bond motifs is 4. The molecule has 7 nitrogen and oxygen atoms in total. The topological polar surface area (TPSA) is 84.5 Å². The third kappa shape index (κ3) is 4.34. The van der Waals surface area contributed by atoms with Crippen molar-refractivity contribution in [3.63, 3.8) is 0 Å². The molecule has 2 N–H and O–H groups in total. The first-order valence-electron chi connectivity index (χ1n) is 10.8. The predicted octanol–water partition coefficient (Wildman–Crippen LogP) is 3.52. The fraction of sp³-hybridized carbons (Fsp3) is 0.370. The summed E-state index contributed by atoms with van der Waals surface area (Å²) >= 11 is 0. The van der Waals surface area contributed by atoms with E-state index >= 15 is 0 Å². The largest absolute Gasteiger partial charge is 0.462 e. The average Bonchev–Trinajstić information content (AvgIpc) is 3.24. The summed E-state index contributed by atoms with van der Waals surface area (Å²) in [5, 5.41) is 0. The van der Waals surface area contributed by atoms with Gasteiger partial charge in [-0.3, -0.25) is 0 Å². The Morgan fingerprint density at radius 3 is 1.91 bits per heavy atom. The second kappa shape index (κ2) is 8.70. The molecule has 2 aliphatic heterocycles. The highest BCUT2D eigenvalue weighted by molar-refractivity contribution is 5.77. The van der Waals surface area contributed by atoms with Gasteiger partial charge in [-0.1, -0.05) is 17.8 Å². The lowest BCUT2D eigenvalue weighted by Gasteiger charge is -2.33. The Hall–Kier alpha value is -3.49. The summed E-state index contributed by atoms with van der Waals surface area (Å²) in [4.78, 5) is 4.73. The molecule has 0 fully saturated rings. The van der Waals surface area contributed by atoms with Crippen LogP contribution >= 0.6 is 0 Å². The van der Waals surface area contributed by atoms with Crippen molar-refractivity contribution in [1.82, 2.24) is 0 Å². The van der Waals surface area contributed by atoms with Gasteiger partial charge in [-0.25, -0.2) is 4.99 Å². The maximum Gasteiger partial charge on any atom is 0.283 e. The van der Waals surface area contributed by atoms with E-state index in [2.05, 4.69) is 23.7 Å². The van der Waals surface area contributed by atoms with E-state index in [-0.39, 0.29) is 12.6 Å². The molecule has 0 aliphatic carbocycles. The van der Waals surface area contributed by atoms with Gasteiger partial charge in [0.05, 0.1) is 0 Å². The van der Waals surface area contributed by atoms with Gasteiger partial charge in [0.25, 0.3) is 6.02 Å². The molecule has 176 valence electrons. The van der Waals surface area contributed by atoms with Crippen LogP contribution < -0.4 is 10.5 Å². The van der Waals surface area contributed by atoms with Gasteiger partial charge >= 0.3 is 0 Å². The van der Waals surface area contributed by atoms with Crippen molar-refractivity contribution < 1.29 is 23.7 Å². The number of hydrogen-bond acceptors (Lipinski definition) is 7. The lowest BCUT2D eigenvalue weighted by Crippen LogP contribution is -2.31. The number of benzene rings is 2. The lowest BCUT2D eigenvalue weighted by molar-refractivity contribution is -0.148. The van der Waals surface area contributed by atoms with Crippen LogP contribution in [0.15, 0.2) is 41.4 Å². The Morgan fingerprint density at radius 1 is 0.882 bits per heavy atom. The van der Waals surface area contributed by atoms with E-state index in [4.69, 9.17) is 34.4 Å². The van der Waals surface area contributed by atoms with Crippen molar-refractivity contribution in [1.29, 1.82) is 0 Å². The van der Waals surface area contributed by atoms with Crippen molar-refractivity contribution in [2.75, 3.05) is 27.9 Å². The second-order valence-electron chi connectivity index (χ2n) is 8.69. The fourth-order valence-corrected chi connectivity index (χ4v) is 3.66. The Labute approximate surface area is 200 Å². The number of hydrogen-bond donors (Lipinski definition) is 1. The summed E-state index contributed by atoms with van der Waals surface area (Å²) in [7, 11) is 4.73. The van der Waals surface area contributed by atoms with E-state index in [9.17, 15) is 0 Å². The number of aliphatic imine (C=N–C) groups is 1. The van der Waals surface area contributed by atoms with Crippen molar-refractivity contribution in [3.05, 3.63) is 58.7 Å². The molecule has 1 unspecified atom stereocenters. The standard InChI is InChI=1S/C27H28N2O5/c1-25(2,30-4)13-11-18-7-9-22-20(15-18)27(17-33-24(28)29-27)21-16-19(8-10-23(21)34-22)12-14-26(3,31-5)32-6/h7-10,15-16H,17H2,1-6H3,(H2,28,29). The highest BCUT2D eigenvalue weighted by Crippen LogP contribution is 2.51. The molecular formula is C27H28N2O5. The van der Waals surface area contributed by atoms with Gasteiger partial charge in [0.2, 0.25) is 5.79 Å². The zero-order valence-electron chi connectivity index (χ0n) is 20.2. The number of nitrogens with zero attached hydrogens (tertiary/aromatic N) is 1. The lowest BCUT2D eigenvalue weighted by atomic mass is 9.80. The number of rotatable bonds is 3. The predicted molar refractivity (Wildman–Crippen MR) is 129 cm³/mol. The molecule has 4 rings (SSSR count). The van der Waals surface area contributed by atoms with Crippen molar-refractivity contribution in [2.45, 2.75) is 37.7 Å². The number of methoxy groups -OCH3 is 3. The van der Waals surface area contributed by atoms with Crippen LogP contribution in [0.3, 0.4) is 0 Å². The molecule has 0 saturated carbocycles. The molecule has 0 radical (unpaired) electrons. The average molecular weight is 461 g/mol. The van der Waals surface area contributed by atoms with Crippen molar-refractivity contribution in [2.24, 2.45) is 10.7 Å². The van der Waals surface area contributed by atoms with Crippen LogP contribution in [0.25, 0.3) is 0 Å². The summed E-state index contributed by atoms with van der Waals surface area (Å²) in [5.74, 6) is 12.8. The molecular weight excluding hydrogens is 432 g/mol. The first-order valence-corrected chi connectivity index (χ1v) is 10.8. The van der Waals surface area contributed by atoms with Gasteiger partial charge in [-0.2, -0.15) is 0 Å². The molecule has 1 spiro atoms. The van der Waals surface area contributed by atoms with E-state index < -0.39 is 16.9 Å². The quantitative estimate of drug-likeness (QED) is 0.557. The van der Waals surface area contributed by atoms with E-state index in [1.54, 1.807) is 28.3 Å². The maximum atomic E-state index is 6.23. The van der Waals surface area contributed by atoms with Gasteiger partial charge in [-0.05, 0) is 56.2 Å². The molecule has 2 heterocycles. The first kappa shape index (κ1) is 23.7. The van der Waals surface area contributed by atoms with Crippen LogP contribution in [0.5, 0.6) is 11.5 Å². The minimum Gasteiger partial charge on any atom is -0.462 e. The zero-order chi connectivity index (χ0) is 24.6. The van der Waals surface area contributed by atoms with Crippen LogP contribution in [0, 0.1) is 23.7 Å². The van der Waals surface area contributed by atoms with E-state index in [0.29, 0.717) is 11.5 Å². The minimum atomic E-state index is -1.01. The van der Waals surface area contributed by atoms with E-state index in [1.165, 1.54) is 0 Å². The van der Waals surface area contributed by atoms with Crippen LogP contribution in [0.1, 0.15) is 43.0 Å². The molecule has 0 aromatic heterocycles.